The maximum Gasteiger partial charge on any atom is 0.0386 e. The van der Waals surface area contributed by atoms with Crippen molar-refractivity contribution in [3.63, 3.8) is 0 Å². The van der Waals surface area contributed by atoms with Gasteiger partial charge in [0, 0.05) is 24.8 Å². The monoisotopic (exact) mass is 219 g/mol. The predicted octanol–water partition coefficient (Wildman–Crippen LogP) is 1.57. The van der Waals surface area contributed by atoms with Crippen molar-refractivity contribution in [1.29, 1.82) is 0 Å². The van der Waals surface area contributed by atoms with Crippen LogP contribution in [0.1, 0.15) is 18.4 Å². The van der Waals surface area contributed by atoms with Crippen molar-refractivity contribution >= 4 is 5.69 Å². The lowest BCUT2D eigenvalue weighted by Crippen LogP contribution is -2.29. The van der Waals surface area contributed by atoms with Crippen molar-refractivity contribution in [2.24, 2.45) is 0 Å². The molecule has 1 heterocycles. The molecule has 3 nitrogen and oxygen atoms in total. The molecule has 0 aliphatic carbocycles. The third kappa shape index (κ3) is 2.97. The molecule has 1 aromatic carbocycles. The van der Waals surface area contributed by atoms with Gasteiger partial charge in [-0.05, 0) is 38.1 Å². The normalized spacial score (nSPS) is 19.9. The van der Waals surface area contributed by atoms with E-state index in [1.165, 1.54) is 30.6 Å². The van der Waals surface area contributed by atoms with Gasteiger partial charge >= 0.3 is 0 Å². The molecule has 2 rings (SSSR count). The summed E-state index contributed by atoms with van der Waals surface area (Å²) >= 11 is 0. The van der Waals surface area contributed by atoms with Gasteiger partial charge in [0.1, 0.15) is 0 Å². The lowest BCUT2D eigenvalue weighted by Gasteiger charge is -2.15. The van der Waals surface area contributed by atoms with Crippen LogP contribution >= 0.6 is 0 Å². The van der Waals surface area contributed by atoms with Crippen molar-refractivity contribution in [2.75, 3.05) is 25.5 Å². The van der Waals surface area contributed by atoms with E-state index in [1.54, 1.807) is 0 Å². The number of nitrogens with one attached hydrogen (secondary N) is 3. The van der Waals surface area contributed by atoms with E-state index in [2.05, 4.69) is 40.2 Å². The smallest absolute Gasteiger partial charge is 0.0386 e. The van der Waals surface area contributed by atoms with Gasteiger partial charge in [-0.3, -0.25) is 0 Å². The van der Waals surface area contributed by atoms with Crippen LogP contribution in [0.3, 0.4) is 0 Å². The van der Waals surface area contributed by atoms with Gasteiger partial charge in [-0.25, -0.2) is 0 Å². The molecular weight excluding hydrogens is 198 g/mol. The first kappa shape index (κ1) is 11.4. The van der Waals surface area contributed by atoms with E-state index in [1.807, 2.05) is 7.05 Å². The largest absolute Gasteiger partial charge is 0.383 e. The van der Waals surface area contributed by atoms with Crippen molar-refractivity contribution in [1.82, 2.24) is 10.6 Å². The number of rotatable bonds is 5. The molecular formula is C13H21N3. The number of hydrogen-bond acceptors (Lipinski definition) is 3. The molecule has 1 saturated heterocycles. The van der Waals surface area contributed by atoms with Gasteiger partial charge in [-0.2, -0.15) is 0 Å². The topological polar surface area (TPSA) is 36.1 Å². The molecule has 1 aromatic rings. The Bertz CT molecular complexity index is 319. The number of benzene rings is 1. The molecule has 1 fully saturated rings. The van der Waals surface area contributed by atoms with Gasteiger partial charge in [0.05, 0.1) is 0 Å². The van der Waals surface area contributed by atoms with Crippen molar-refractivity contribution < 1.29 is 0 Å². The summed E-state index contributed by atoms with van der Waals surface area (Å²) in [5.41, 5.74) is 2.59. The molecule has 88 valence electrons. The zero-order valence-electron chi connectivity index (χ0n) is 9.92. The van der Waals surface area contributed by atoms with Gasteiger partial charge in [-0.15, -0.1) is 0 Å². The summed E-state index contributed by atoms with van der Waals surface area (Å²) in [6.45, 7) is 3.12. The Morgan fingerprint density at radius 1 is 1.38 bits per heavy atom. The van der Waals surface area contributed by atoms with E-state index in [0.29, 0.717) is 6.04 Å². The molecule has 3 heteroatoms. The van der Waals surface area contributed by atoms with E-state index in [0.717, 1.165) is 13.1 Å². The zero-order valence-corrected chi connectivity index (χ0v) is 9.92. The Hall–Kier alpha value is -1.06. The molecule has 1 atom stereocenters. The van der Waals surface area contributed by atoms with E-state index < -0.39 is 0 Å². The number of para-hydroxylation sites is 1. The van der Waals surface area contributed by atoms with Crippen molar-refractivity contribution in [3.8, 4) is 0 Å². The number of hydrogen-bond donors (Lipinski definition) is 3. The Kier molecular flexibility index (Phi) is 4.19. The van der Waals surface area contributed by atoms with E-state index in [9.17, 15) is 0 Å². The molecule has 0 saturated carbocycles. The fraction of sp³-hybridized carbons (Fsp3) is 0.538. The molecule has 3 N–H and O–H groups in total. The lowest BCUT2D eigenvalue weighted by atomic mass is 10.1. The maximum atomic E-state index is 3.54. The highest BCUT2D eigenvalue weighted by Gasteiger charge is 2.13. The van der Waals surface area contributed by atoms with Gasteiger partial charge in [0.15, 0.2) is 0 Å². The highest BCUT2D eigenvalue weighted by molar-refractivity contribution is 5.51. The van der Waals surface area contributed by atoms with Gasteiger partial charge < -0.3 is 16.0 Å². The lowest BCUT2D eigenvalue weighted by molar-refractivity contribution is 0.633. The third-order valence-electron chi connectivity index (χ3n) is 3.09. The Labute approximate surface area is 97.6 Å². The molecule has 0 amide bonds. The Balaban J connectivity index is 1.91. The third-order valence-corrected chi connectivity index (χ3v) is 3.09. The summed E-state index contributed by atoms with van der Waals surface area (Å²) in [6, 6.07) is 9.14. The second-order valence-electron chi connectivity index (χ2n) is 4.36. The van der Waals surface area contributed by atoms with Gasteiger partial charge in [0.25, 0.3) is 0 Å². The van der Waals surface area contributed by atoms with Gasteiger partial charge in [-0.1, -0.05) is 18.2 Å². The fourth-order valence-corrected chi connectivity index (χ4v) is 2.20. The Morgan fingerprint density at radius 3 is 3.00 bits per heavy atom. The van der Waals surface area contributed by atoms with Crippen molar-refractivity contribution in [2.45, 2.75) is 25.4 Å². The van der Waals surface area contributed by atoms with Crippen LogP contribution < -0.4 is 16.0 Å². The average Bonchev–Trinajstić information content (AvgIpc) is 2.81. The van der Waals surface area contributed by atoms with E-state index >= 15 is 0 Å². The highest BCUT2D eigenvalue weighted by atomic mass is 15.0. The number of anilines is 1. The molecule has 1 aliphatic rings. The Morgan fingerprint density at radius 2 is 2.25 bits per heavy atom. The minimum Gasteiger partial charge on any atom is -0.383 e. The van der Waals surface area contributed by atoms with Crippen LogP contribution in [0.5, 0.6) is 0 Å². The first-order chi connectivity index (χ1) is 7.90. The molecule has 0 aromatic heterocycles. The molecule has 0 spiro atoms. The van der Waals surface area contributed by atoms with Crippen molar-refractivity contribution in [3.05, 3.63) is 29.8 Å². The second kappa shape index (κ2) is 5.87. The van der Waals surface area contributed by atoms with Crippen LogP contribution in [0.15, 0.2) is 24.3 Å². The zero-order chi connectivity index (χ0) is 11.2. The molecule has 16 heavy (non-hydrogen) atoms. The first-order valence-electron chi connectivity index (χ1n) is 6.10. The van der Waals surface area contributed by atoms with Crippen LogP contribution in [0.2, 0.25) is 0 Å². The highest BCUT2D eigenvalue weighted by Crippen LogP contribution is 2.15. The van der Waals surface area contributed by atoms with E-state index in [-0.39, 0.29) is 0 Å². The second-order valence-corrected chi connectivity index (χ2v) is 4.36. The quantitative estimate of drug-likeness (QED) is 0.703. The average molecular weight is 219 g/mol. The van der Waals surface area contributed by atoms with E-state index in [4.69, 9.17) is 0 Å². The standard InChI is InChI=1S/C13H21N3/c1-14-9-11-5-2-3-7-13(11)16-10-12-6-4-8-15-12/h2-3,5,7,12,14-16H,4,6,8-10H2,1H3. The molecule has 1 unspecified atom stereocenters. The summed E-state index contributed by atoms with van der Waals surface area (Å²) in [5.74, 6) is 0. The minimum absolute atomic E-state index is 0.641. The SMILES string of the molecule is CNCc1ccccc1NCC1CCCN1. The predicted molar refractivity (Wildman–Crippen MR) is 68.7 cm³/mol. The molecule has 1 aliphatic heterocycles. The summed E-state index contributed by atoms with van der Waals surface area (Å²) in [6.07, 6.45) is 2.60. The molecule has 0 bridgehead atoms. The summed E-state index contributed by atoms with van der Waals surface area (Å²) in [4.78, 5) is 0. The van der Waals surface area contributed by atoms with Crippen LogP contribution in [-0.4, -0.2) is 26.2 Å². The summed E-state index contributed by atoms with van der Waals surface area (Å²) in [7, 11) is 1.98. The minimum atomic E-state index is 0.641. The van der Waals surface area contributed by atoms with Crippen LogP contribution in [0.4, 0.5) is 5.69 Å². The summed E-state index contributed by atoms with van der Waals surface area (Å²) < 4.78 is 0. The van der Waals surface area contributed by atoms with Crippen LogP contribution in [0, 0.1) is 0 Å². The van der Waals surface area contributed by atoms with Gasteiger partial charge in [0.2, 0.25) is 0 Å². The fourth-order valence-electron chi connectivity index (χ4n) is 2.20. The molecule has 0 radical (unpaired) electrons. The van der Waals surface area contributed by atoms with Crippen LogP contribution in [-0.2, 0) is 6.54 Å². The maximum absolute atomic E-state index is 3.54. The van der Waals surface area contributed by atoms with Crippen LogP contribution in [0.25, 0.3) is 0 Å². The first-order valence-corrected chi connectivity index (χ1v) is 6.10. The summed E-state index contributed by atoms with van der Waals surface area (Å²) in [5, 5.41) is 10.2.